The lowest BCUT2D eigenvalue weighted by molar-refractivity contribution is -0.384. The van der Waals surface area contributed by atoms with Gasteiger partial charge in [0.15, 0.2) is 0 Å². The predicted molar refractivity (Wildman–Crippen MR) is 64.1 cm³/mol. The van der Waals surface area contributed by atoms with Gasteiger partial charge in [-0.3, -0.25) is 14.9 Å². The zero-order chi connectivity index (χ0) is 13.3. The van der Waals surface area contributed by atoms with Crippen LogP contribution in [0.3, 0.4) is 0 Å². The number of hydrogen-bond donors (Lipinski definition) is 0. The van der Waals surface area contributed by atoms with Crippen LogP contribution in [0, 0.1) is 21.8 Å². The monoisotopic (exact) mass is 252 g/mol. The highest BCUT2D eigenvalue weighted by Gasteiger charge is 2.28. The molecule has 1 aromatic carbocycles. The quantitative estimate of drug-likeness (QED) is 0.597. The van der Waals surface area contributed by atoms with Crippen molar-refractivity contribution < 1.29 is 14.1 Å². The zero-order valence-corrected chi connectivity index (χ0v) is 9.93. The fourth-order valence-electron chi connectivity index (χ4n) is 2.14. The summed E-state index contributed by atoms with van der Waals surface area (Å²) in [5.74, 6) is -0.619. The number of halogens is 1. The minimum absolute atomic E-state index is 0.150. The average molecular weight is 252 g/mol. The first-order valence-corrected chi connectivity index (χ1v) is 5.70. The van der Waals surface area contributed by atoms with Crippen LogP contribution in [0.25, 0.3) is 0 Å². The molecule has 1 fully saturated rings. The van der Waals surface area contributed by atoms with Crippen molar-refractivity contribution in [1.29, 1.82) is 0 Å². The molecule has 0 saturated carbocycles. The van der Waals surface area contributed by atoms with Crippen molar-refractivity contribution in [3.63, 3.8) is 0 Å². The summed E-state index contributed by atoms with van der Waals surface area (Å²) in [7, 11) is 0. The highest BCUT2D eigenvalue weighted by Crippen LogP contribution is 2.31. The summed E-state index contributed by atoms with van der Waals surface area (Å²) < 4.78 is 13.0. The number of ketones is 1. The number of hydrogen-bond acceptors (Lipinski definition) is 4. The molecule has 0 radical (unpaired) electrons. The second-order valence-corrected chi connectivity index (χ2v) is 4.45. The molecule has 1 saturated heterocycles. The first kappa shape index (κ1) is 12.5. The summed E-state index contributed by atoms with van der Waals surface area (Å²) in [6.45, 7) is 2.67. The lowest BCUT2D eigenvalue weighted by Gasteiger charge is -2.31. The Morgan fingerprint density at radius 3 is 2.83 bits per heavy atom. The normalized spacial score (nSPS) is 20.0. The van der Waals surface area contributed by atoms with E-state index in [1.54, 1.807) is 11.8 Å². The second-order valence-electron chi connectivity index (χ2n) is 4.45. The smallest absolute Gasteiger partial charge is 0.295 e. The SMILES string of the molecule is CC1CN(c2ccc(F)cc2[N+](=O)[O-])CCC1=O. The maximum absolute atomic E-state index is 13.0. The van der Waals surface area contributed by atoms with Crippen molar-refractivity contribution in [3.05, 3.63) is 34.1 Å². The number of carbonyl (C=O) groups is 1. The number of carbonyl (C=O) groups excluding carboxylic acids is 1. The van der Waals surface area contributed by atoms with E-state index in [1.165, 1.54) is 12.1 Å². The third kappa shape index (κ3) is 2.32. The molecule has 1 unspecified atom stereocenters. The van der Waals surface area contributed by atoms with Crippen LogP contribution in [0.15, 0.2) is 18.2 Å². The van der Waals surface area contributed by atoms with Crippen molar-refractivity contribution in [2.45, 2.75) is 13.3 Å². The van der Waals surface area contributed by atoms with Gasteiger partial charge in [0.25, 0.3) is 5.69 Å². The van der Waals surface area contributed by atoms with Crippen LogP contribution in [0.4, 0.5) is 15.8 Å². The molecule has 1 atom stereocenters. The van der Waals surface area contributed by atoms with E-state index in [-0.39, 0.29) is 17.4 Å². The standard InChI is InChI=1S/C12H13FN2O3/c1-8-7-14(5-4-12(8)16)10-3-2-9(13)6-11(10)15(17)18/h2-3,6,8H,4-5,7H2,1H3. The molecule has 0 spiro atoms. The molecule has 1 heterocycles. The van der Waals surface area contributed by atoms with Gasteiger partial charge in [-0.25, -0.2) is 4.39 Å². The van der Waals surface area contributed by atoms with Gasteiger partial charge in [-0.2, -0.15) is 0 Å². The Hall–Kier alpha value is -1.98. The largest absolute Gasteiger partial charge is 0.365 e. The fourth-order valence-corrected chi connectivity index (χ4v) is 2.14. The second kappa shape index (κ2) is 4.72. The molecule has 1 aliphatic rings. The number of rotatable bonds is 2. The average Bonchev–Trinajstić information content (AvgIpc) is 2.32. The summed E-state index contributed by atoms with van der Waals surface area (Å²) in [4.78, 5) is 23.5. The molecule has 18 heavy (non-hydrogen) atoms. The first-order valence-electron chi connectivity index (χ1n) is 5.70. The van der Waals surface area contributed by atoms with Gasteiger partial charge in [-0.1, -0.05) is 6.92 Å². The van der Waals surface area contributed by atoms with Crippen molar-refractivity contribution in [2.75, 3.05) is 18.0 Å². The fraction of sp³-hybridized carbons (Fsp3) is 0.417. The number of piperidine rings is 1. The Labute approximate surface area is 103 Å². The van der Waals surface area contributed by atoms with Crippen LogP contribution in [-0.2, 0) is 4.79 Å². The molecular formula is C12H13FN2O3. The molecule has 0 aliphatic carbocycles. The van der Waals surface area contributed by atoms with Gasteiger partial charge in [0, 0.05) is 25.4 Å². The molecule has 96 valence electrons. The van der Waals surface area contributed by atoms with E-state index in [4.69, 9.17) is 0 Å². The maximum Gasteiger partial charge on any atom is 0.295 e. The Bertz CT molecular complexity index is 504. The van der Waals surface area contributed by atoms with E-state index >= 15 is 0 Å². The number of benzene rings is 1. The maximum atomic E-state index is 13.0. The minimum Gasteiger partial charge on any atom is -0.365 e. The molecule has 0 amide bonds. The lowest BCUT2D eigenvalue weighted by Crippen LogP contribution is -2.39. The van der Waals surface area contributed by atoms with Gasteiger partial charge in [-0.15, -0.1) is 0 Å². The summed E-state index contributed by atoms with van der Waals surface area (Å²) in [5, 5.41) is 10.9. The van der Waals surface area contributed by atoms with Crippen LogP contribution in [0.5, 0.6) is 0 Å². The molecule has 5 nitrogen and oxygen atoms in total. The van der Waals surface area contributed by atoms with Gasteiger partial charge in [0.1, 0.15) is 17.3 Å². The topological polar surface area (TPSA) is 63.4 Å². The molecule has 0 aromatic heterocycles. The van der Waals surface area contributed by atoms with E-state index in [9.17, 15) is 19.3 Å². The summed E-state index contributed by atoms with van der Waals surface area (Å²) in [5.41, 5.74) is 0.122. The van der Waals surface area contributed by atoms with Crippen LogP contribution in [0.1, 0.15) is 13.3 Å². The van der Waals surface area contributed by atoms with Crippen molar-refractivity contribution in [2.24, 2.45) is 5.92 Å². The number of anilines is 1. The van der Waals surface area contributed by atoms with E-state index in [0.717, 1.165) is 6.07 Å². The minimum atomic E-state index is -0.633. The molecule has 0 N–H and O–H groups in total. The highest BCUT2D eigenvalue weighted by molar-refractivity contribution is 5.83. The third-order valence-electron chi connectivity index (χ3n) is 3.15. The zero-order valence-electron chi connectivity index (χ0n) is 9.93. The Kier molecular flexibility index (Phi) is 3.27. The Morgan fingerprint density at radius 1 is 1.50 bits per heavy atom. The van der Waals surface area contributed by atoms with E-state index in [2.05, 4.69) is 0 Å². The van der Waals surface area contributed by atoms with Gasteiger partial charge in [-0.05, 0) is 12.1 Å². The van der Waals surface area contributed by atoms with Crippen molar-refractivity contribution in [3.8, 4) is 0 Å². The summed E-state index contributed by atoms with van der Waals surface area (Å²) in [6, 6.07) is 3.51. The lowest BCUT2D eigenvalue weighted by atomic mass is 9.98. The van der Waals surface area contributed by atoms with E-state index in [0.29, 0.717) is 25.2 Å². The highest BCUT2D eigenvalue weighted by atomic mass is 19.1. The molecule has 6 heteroatoms. The third-order valence-corrected chi connectivity index (χ3v) is 3.15. The van der Waals surface area contributed by atoms with Crippen molar-refractivity contribution >= 4 is 17.2 Å². The summed E-state index contributed by atoms with van der Waals surface area (Å²) >= 11 is 0. The van der Waals surface area contributed by atoms with Crippen LogP contribution < -0.4 is 4.90 Å². The Balaban J connectivity index is 2.33. The predicted octanol–water partition coefficient (Wildman–Crippen LogP) is 2.15. The molecular weight excluding hydrogens is 239 g/mol. The van der Waals surface area contributed by atoms with Crippen LogP contribution in [-0.4, -0.2) is 23.8 Å². The van der Waals surface area contributed by atoms with Gasteiger partial charge < -0.3 is 4.90 Å². The number of nitro benzene ring substituents is 1. The van der Waals surface area contributed by atoms with Gasteiger partial charge in [0.05, 0.1) is 11.0 Å². The van der Waals surface area contributed by atoms with Gasteiger partial charge >= 0.3 is 0 Å². The molecule has 2 rings (SSSR count). The molecule has 1 aliphatic heterocycles. The summed E-state index contributed by atoms with van der Waals surface area (Å²) in [6.07, 6.45) is 0.371. The van der Waals surface area contributed by atoms with E-state index < -0.39 is 10.7 Å². The Morgan fingerprint density at radius 2 is 2.22 bits per heavy atom. The van der Waals surface area contributed by atoms with Gasteiger partial charge in [0.2, 0.25) is 0 Å². The van der Waals surface area contributed by atoms with Crippen molar-refractivity contribution in [1.82, 2.24) is 0 Å². The first-order chi connectivity index (χ1) is 8.49. The number of nitro groups is 1. The number of nitrogens with zero attached hydrogens (tertiary/aromatic N) is 2. The molecule has 1 aromatic rings. The van der Waals surface area contributed by atoms with Crippen LogP contribution in [0.2, 0.25) is 0 Å². The molecule has 0 bridgehead atoms. The number of Topliss-reactive ketones (excluding diaryl/α,β-unsaturated/α-hetero) is 1. The van der Waals surface area contributed by atoms with E-state index in [1.807, 2.05) is 0 Å². The van der Waals surface area contributed by atoms with Crippen LogP contribution >= 0.6 is 0 Å².